The van der Waals surface area contributed by atoms with Crippen molar-refractivity contribution in [1.82, 2.24) is 10.2 Å². The van der Waals surface area contributed by atoms with E-state index in [9.17, 15) is 0 Å². The van der Waals surface area contributed by atoms with Crippen LogP contribution in [0.1, 0.15) is 17.7 Å². The minimum atomic E-state index is 0.671. The van der Waals surface area contributed by atoms with Gasteiger partial charge in [0.05, 0.1) is 0 Å². The van der Waals surface area contributed by atoms with E-state index >= 15 is 0 Å². The number of nitrogens with one attached hydrogen (secondary N) is 1. The molecule has 1 aromatic rings. The minimum absolute atomic E-state index is 0.671. The highest BCUT2D eigenvalue weighted by Crippen LogP contribution is 2.09. The van der Waals surface area contributed by atoms with Crippen molar-refractivity contribution in [3.8, 4) is 0 Å². The van der Waals surface area contributed by atoms with Crippen molar-refractivity contribution in [2.45, 2.75) is 25.3 Å². The third-order valence-electron chi connectivity index (χ3n) is 3.47. The molecule has 1 aromatic heterocycles. The second-order valence-corrected chi connectivity index (χ2v) is 6.01. The molecule has 3 nitrogen and oxygen atoms in total. The van der Waals surface area contributed by atoms with Crippen LogP contribution in [0.15, 0.2) is 17.5 Å². The van der Waals surface area contributed by atoms with E-state index in [0.717, 1.165) is 32.8 Å². The number of rotatable bonds is 7. The third-order valence-corrected chi connectivity index (χ3v) is 4.40. The molecule has 0 aliphatic carbocycles. The Morgan fingerprint density at radius 1 is 1.39 bits per heavy atom. The van der Waals surface area contributed by atoms with Gasteiger partial charge < -0.3 is 15.0 Å². The Hall–Kier alpha value is -0.420. The summed E-state index contributed by atoms with van der Waals surface area (Å²) in [5.41, 5.74) is 0. The molecule has 2 rings (SSSR count). The maximum absolute atomic E-state index is 5.36. The molecule has 0 spiro atoms. The molecule has 4 heteroatoms. The van der Waals surface area contributed by atoms with E-state index in [2.05, 4.69) is 34.8 Å². The zero-order valence-electron chi connectivity index (χ0n) is 11.2. The first-order chi connectivity index (χ1) is 8.84. The van der Waals surface area contributed by atoms with Crippen molar-refractivity contribution in [2.24, 2.45) is 0 Å². The standard InChI is InChI=1S/C14H24N2OS/c1-16(8-4-14-3-2-12-18-14)9-7-15-13-5-10-17-11-6-13/h2-3,12-13,15H,4-11H2,1H3. The molecule has 1 N–H and O–H groups in total. The molecule has 2 heterocycles. The van der Waals surface area contributed by atoms with Crippen LogP contribution in [0.3, 0.4) is 0 Å². The van der Waals surface area contributed by atoms with Crippen LogP contribution in [0.25, 0.3) is 0 Å². The van der Waals surface area contributed by atoms with Crippen molar-refractivity contribution in [2.75, 3.05) is 39.9 Å². The highest BCUT2D eigenvalue weighted by atomic mass is 32.1. The lowest BCUT2D eigenvalue weighted by atomic mass is 10.1. The summed E-state index contributed by atoms with van der Waals surface area (Å²) in [6.45, 7) is 5.21. The van der Waals surface area contributed by atoms with Crippen LogP contribution in [-0.2, 0) is 11.2 Å². The van der Waals surface area contributed by atoms with Crippen LogP contribution in [0, 0.1) is 0 Å². The van der Waals surface area contributed by atoms with Gasteiger partial charge in [-0.2, -0.15) is 0 Å². The maximum atomic E-state index is 5.36. The highest BCUT2D eigenvalue weighted by molar-refractivity contribution is 7.09. The molecule has 0 saturated carbocycles. The summed E-state index contributed by atoms with van der Waals surface area (Å²) < 4.78 is 5.36. The predicted molar refractivity (Wildman–Crippen MR) is 77.4 cm³/mol. The van der Waals surface area contributed by atoms with Crippen molar-refractivity contribution >= 4 is 11.3 Å². The molecule has 18 heavy (non-hydrogen) atoms. The zero-order chi connectivity index (χ0) is 12.6. The molecule has 0 atom stereocenters. The van der Waals surface area contributed by atoms with Crippen LogP contribution < -0.4 is 5.32 Å². The smallest absolute Gasteiger partial charge is 0.0480 e. The number of hydrogen-bond donors (Lipinski definition) is 1. The van der Waals surface area contributed by atoms with Gasteiger partial charge in [-0.15, -0.1) is 11.3 Å². The Labute approximate surface area is 114 Å². The Kier molecular flexibility index (Phi) is 6.14. The maximum Gasteiger partial charge on any atom is 0.0480 e. The Bertz CT molecular complexity index is 310. The van der Waals surface area contributed by atoms with Gasteiger partial charge in [0.25, 0.3) is 0 Å². The molecule has 1 fully saturated rings. The van der Waals surface area contributed by atoms with Gasteiger partial charge in [-0.3, -0.25) is 0 Å². The van der Waals surface area contributed by atoms with E-state index in [0.29, 0.717) is 6.04 Å². The van der Waals surface area contributed by atoms with Crippen molar-refractivity contribution in [3.05, 3.63) is 22.4 Å². The van der Waals surface area contributed by atoms with Crippen LogP contribution in [0.5, 0.6) is 0 Å². The van der Waals surface area contributed by atoms with Gasteiger partial charge in [0.15, 0.2) is 0 Å². The summed E-state index contributed by atoms with van der Waals surface area (Å²) in [5.74, 6) is 0. The number of ether oxygens (including phenoxy) is 1. The van der Waals surface area contributed by atoms with Gasteiger partial charge in [0.1, 0.15) is 0 Å². The highest BCUT2D eigenvalue weighted by Gasteiger charge is 2.12. The Morgan fingerprint density at radius 2 is 2.22 bits per heavy atom. The summed E-state index contributed by atoms with van der Waals surface area (Å²) in [4.78, 5) is 3.89. The molecule has 1 aliphatic heterocycles. The van der Waals surface area contributed by atoms with Crippen molar-refractivity contribution in [3.63, 3.8) is 0 Å². The van der Waals surface area contributed by atoms with Crippen molar-refractivity contribution in [1.29, 1.82) is 0 Å². The molecule has 1 saturated heterocycles. The minimum Gasteiger partial charge on any atom is -0.381 e. The fraction of sp³-hybridized carbons (Fsp3) is 0.714. The summed E-state index contributed by atoms with van der Waals surface area (Å²) in [5, 5.41) is 5.78. The van der Waals surface area contributed by atoms with E-state index in [4.69, 9.17) is 4.74 Å². The zero-order valence-corrected chi connectivity index (χ0v) is 12.0. The molecular weight excluding hydrogens is 244 g/mol. The number of thiophene rings is 1. The van der Waals surface area contributed by atoms with Gasteiger partial charge >= 0.3 is 0 Å². The molecular formula is C14H24N2OS. The number of hydrogen-bond acceptors (Lipinski definition) is 4. The SMILES string of the molecule is CN(CCNC1CCOCC1)CCc1cccs1. The summed E-state index contributed by atoms with van der Waals surface area (Å²) in [6, 6.07) is 5.02. The first-order valence-electron chi connectivity index (χ1n) is 6.86. The van der Waals surface area contributed by atoms with Crippen LogP contribution in [0.4, 0.5) is 0 Å². The lowest BCUT2D eigenvalue weighted by molar-refractivity contribution is 0.0775. The van der Waals surface area contributed by atoms with E-state index in [1.165, 1.54) is 24.1 Å². The van der Waals surface area contributed by atoms with Crippen molar-refractivity contribution < 1.29 is 4.74 Å². The number of nitrogens with zero attached hydrogens (tertiary/aromatic N) is 1. The molecule has 1 aliphatic rings. The van der Waals surface area contributed by atoms with E-state index in [1.54, 1.807) is 0 Å². The fourth-order valence-corrected chi connectivity index (χ4v) is 2.93. The topological polar surface area (TPSA) is 24.5 Å². The molecule has 0 aromatic carbocycles. The molecule has 0 radical (unpaired) electrons. The summed E-state index contributed by atoms with van der Waals surface area (Å²) in [7, 11) is 2.21. The summed E-state index contributed by atoms with van der Waals surface area (Å²) >= 11 is 1.86. The lowest BCUT2D eigenvalue weighted by Crippen LogP contribution is -2.39. The predicted octanol–water partition coefficient (Wildman–Crippen LogP) is 1.99. The fourth-order valence-electron chi connectivity index (χ4n) is 2.23. The number of likely N-dealkylation sites (N-methyl/N-ethyl adjacent to an activating group) is 1. The third kappa shape index (κ3) is 5.06. The lowest BCUT2D eigenvalue weighted by Gasteiger charge is -2.24. The average molecular weight is 268 g/mol. The first kappa shape index (κ1) is 14.0. The quantitative estimate of drug-likeness (QED) is 0.818. The van der Waals surface area contributed by atoms with Gasteiger partial charge in [-0.25, -0.2) is 0 Å². The van der Waals surface area contributed by atoms with Crippen LogP contribution >= 0.6 is 11.3 Å². The van der Waals surface area contributed by atoms with Crippen LogP contribution in [0.2, 0.25) is 0 Å². The average Bonchev–Trinajstić information content (AvgIpc) is 2.91. The Balaban J connectivity index is 1.52. The second-order valence-electron chi connectivity index (χ2n) is 4.97. The van der Waals surface area contributed by atoms with E-state index < -0.39 is 0 Å². The molecule has 0 amide bonds. The van der Waals surface area contributed by atoms with Gasteiger partial charge in [-0.1, -0.05) is 6.07 Å². The van der Waals surface area contributed by atoms with Gasteiger partial charge in [0.2, 0.25) is 0 Å². The normalized spacial score (nSPS) is 17.4. The van der Waals surface area contributed by atoms with E-state index in [-0.39, 0.29) is 0 Å². The second kappa shape index (κ2) is 7.89. The molecule has 102 valence electrons. The Morgan fingerprint density at radius 3 is 2.94 bits per heavy atom. The van der Waals surface area contributed by atoms with Gasteiger partial charge in [0, 0.05) is 43.8 Å². The summed E-state index contributed by atoms with van der Waals surface area (Å²) in [6.07, 6.45) is 3.50. The van der Waals surface area contributed by atoms with E-state index in [1.807, 2.05) is 11.3 Å². The molecule has 0 bridgehead atoms. The largest absolute Gasteiger partial charge is 0.381 e. The first-order valence-corrected chi connectivity index (χ1v) is 7.74. The molecule has 0 unspecified atom stereocenters. The van der Waals surface area contributed by atoms with Crippen LogP contribution in [-0.4, -0.2) is 50.8 Å². The monoisotopic (exact) mass is 268 g/mol. The van der Waals surface area contributed by atoms with Gasteiger partial charge in [-0.05, 0) is 37.8 Å².